The van der Waals surface area contributed by atoms with Gasteiger partial charge < -0.3 is 5.73 Å². The van der Waals surface area contributed by atoms with Crippen LogP contribution < -0.4 is 16.0 Å². The van der Waals surface area contributed by atoms with Gasteiger partial charge in [-0.3, -0.25) is 15.6 Å². The van der Waals surface area contributed by atoms with Crippen molar-refractivity contribution in [2.24, 2.45) is 5.73 Å². The fourth-order valence-electron chi connectivity index (χ4n) is 1.82. The smallest absolute Gasteiger partial charge is 0.328 e. The van der Waals surface area contributed by atoms with Crippen molar-refractivity contribution in [2.45, 2.75) is 26.7 Å². The topological polar surface area (TPSA) is 82.2 Å². The maximum atomic E-state index is 11.8. The Hall–Kier alpha value is -2.04. The van der Waals surface area contributed by atoms with E-state index in [9.17, 15) is 4.79 Å². The predicted molar refractivity (Wildman–Crippen MR) is 74.0 cm³/mol. The maximum Gasteiger partial charge on any atom is 0.328 e. The van der Waals surface area contributed by atoms with Gasteiger partial charge in [0.25, 0.3) is 0 Å². The lowest BCUT2D eigenvalue weighted by Crippen LogP contribution is -2.44. The number of hydrogen-bond donors (Lipinski definition) is 3. The van der Waals surface area contributed by atoms with Crippen molar-refractivity contribution in [3.63, 3.8) is 0 Å². The molecule has 18 heavy (non-hydrogen) atoms. The van der Waals surface area contributed by atoms with Crippen LogP contribution in [0.2, 0.25) is 0 Å². The number of urea groups is 1. The summed E-state index contributed by atoms with van der Waals surface area (Å²) in [5, 5.41) is 9.34. The van der Waals surface area contributed by atoms with Crippen LogP contribution in [0.3, 0.4) is 0 Å². The van der Waals surface area contributed by atoms with Crippen molar-refractivity contribution in [3.8, 4) is 0 Å². The summed E-state index contributed by atoms with van der Waals surface area (Å²) in [4.78, 5) is 13.3. The number of nitrogens with one attached hydrogen (secondary N) is 2. The molecule has 0 bridgehead atoms. The van der Waals surface area contributed by atoms with Crippen LogP contribution in [0.4, 0.5) is 10.5 Å². The Labute approximate surface area is 107 Å². The first-order valence-corrected chi connectivity index (χ1v) is 5.94. The standard InChI is InChI=1S/C13H20N4O/c1-4-5-10-8-9(2)6-7-11(10)17(3)13(18)16-12(14)15/h6-8H,4-5H2,1-3H3,(H4,14,15,16,18). The summed E-state index contributed by atoms with van der Waals surface area (Å²) in [6.07, 6.45) is 1.92. The second kappa shape index (κ2) is 6.05. The molecule has 0 unspecified atom stereocenters. The highest BCUT2D eigenvalue weighted by Crippen LogP contribution is 2.22. The van der Waals surface area contributed by atoms with Crippen molar-refractivity contribution in [1.82, 2.24) is 5.32 Å². The number of anilines is 1. The number of nitrogens with zero attached hydrogens (tertiary/aromatic N) is 1. The minimum absolute atomic E-state index is 0.351. The normalized spacial score (nSPS) is 9.94. The molecular weight excluding hydrogens is 228 g/mol. The van der Waals surface area contributed by atoms with E-state index in [1.807, 2.05) is 19.1 Å². The molecule has 0 aromatic heterocycles. The quantitative estimate of drug-likeness (QED) is 0.564. The SMILES string of the molecule is CCCc1cc(C)ccc1N(C)C(=O)NC(=N)N. The Morgan fingerprint density at radius 2 is 2.17 bits per heavy atom. The van der Waals surface area contributed by atoms with Gasteiger partial charge in [0.05, 0.1) is 0 Å². The number of carbonyl (C=O) groups is 1. The molecule has 0 spiro atoms. The zero-order valence-corrected chi connectivity index (χ0v) is 11.1. The summed E-state index contributed by atoms with van der Waals surface area (Å²) < 4.78 is 0. The van der Waals surface area contributed by atoms with E-state index in [0.29, 0.717) is 0 Å². The lowest BCUT2D eigenvalue weighted by atomic mass is 10.0. The number of benzene rings is 1. The summed E-state index contributed by atoms with van der Waals surface area (Å²) >= 11 is 0. The number of carbonyl (C=O) groups excluding carboxylic acids is 1. The van der Waals surface area contributed by atoms with Crippen LogP contribution in [-0.2, 0) is 6.42 Å². The lowest BCUT2D eigenvalue weighted by Gasteiger charge is -2.21. The van der Waals surface area contributed by atoms with Crippen LogP contribution in [0, 0.1) is 12.3 Å². The van der Waals surface area contributed by atoms with Gasteiger partial charge in [0, 0.05) is 12.7 Å². The average molecular weight is 248 g/mol. The van der Waals surface area contributed by atoms with E-state index in [2.05, 4.69) is 18.3 Å². The molecule has 0 aliphatic heterocycles. The molecular formula is C13H20N4O. The molecule has 5 nitrogen and oxygen atoms in total. The molecule has 1 aromatic rings. The van der Waals surface area contributed by atoms with Gasteiger partial charge in [0.15, 0.2) is 5.96 Å². The summed E-state index contributed by atoms with van der Waals surface area (Å²) in [6.45, 7) is 4.13. The van der Waals surface area contributed by atoms with Crippen LogP contribution in [0.25, 0.3) is 0 Å². The van der Waals surface area contributed by atoms with Gasteiger partial charge >= 0.3 is 6.03 Å². The highest BCUT2D eigenvalue weighted by Gasteiger charge is 2.14. The van der Waals surface area contributed by atoms with E-state index in [1.165, 1.54) is 10.5 Å². The molecule has 0 radical (unpaired) electrons. The fraction of sp³-hybridized carbons (Fsp3) is 0.385. The lowest BCUT2D eigenvalue weighted by molar-refractivity contribution is 0.251. The highest BCUT2D eigenvalue weighted by molar-refractivity contribution is 6.02. The molecule has 0 saturated carbocycles. The molecule has 0 saturated heterocycles. The molecule has 4 N–H and O–H groups in total. The Morgan fingerprint density at radius 3 is 2.72 bits per heavy atom. The Morgan fingerprint density at radius 1 is 1.50 bits per heavy atom. The summed E-state index contributed by atoms with van der Waals surface area (Å²) in [5.74, 6) is -0.351. The van der Waals surface area contributed by atoms with E-state index >= 15 is 0 Å². The van der Waals surface area contributed by atoms with Gasteiger partial charge in [0.2, 0.25) is 0 Å². The minimum atomic E-state index is -0.399. The van der Waals surface area contributed by atoms with E-state index in [-0.39, 0.29) is 5.96 Å². The summed E-state index contributed by atoms with van der Waals surface area (Å²) in [5.41, 5.74) is 8.30. The van der Waals surface area contributed by atoms with Gasteiger partial charge in [-0.1, -0.05) is 31.0 Å². The largest absolute Gasteiger partial charge is 0.370 e. The molecule has 5 heteroatoms. The van der Waals surface area contributed by atoms with Crippen molar-refractivity contribution >= 4 is 17.7 Å². The predicted octanol–water partition coefficient (Wildman–Crippen LogP) is 1.99. The number of guanidine groups is 1. The number of amides is 2. The van der Waals surface area contributed by atoms with Crippen molar-refractivity contribution in [3.05, 3.63) is 29.3 Å². The third-order valence-corrected chi connectivity index (χ3v) is 2.66. The first-order chi connectivity index (χ1) is 8.45. The van der Waals surface area contributed by atoms with Gasteiger partial charge in [-0.15, -0.1) is 0 Å². The Kier molecular flexibility index (Phi) is 4.71. The van der Waals surface area contributed by atoms with Gasteiger partial charge in [-0.05, 0) is 25.0 Å². The number of nitrogens with two attached hydrogens (primary N) is 1. The van der Waals surface area contributed by atoms with Crippen LogP contribution in [0.1, 0.15) is 24.5 Å². The highest BCUT2D eigenvalue weighted by atomic mass is 16.2. The fourth-order valence-corrected chi connectivity index (χ4v) is 1.82. The average Bonchev–Trinajstić information content (AvgIpc) is 2.28. The molecule has 0 aliphatic rings. The Bertz CT molecular complexity index is 456. The van der Waals surface area contributed by atoms with Crippen LogP contribution in [0.15, 0.2) is 18.2 Å². The number of aryl methyl sites for hydroxylation is 2. The molecule has 98 valence electrons. The number of rotatable bonds is 3. The second-order valence-electron chi connectivity index (χ2n) is 4.29. The third-order valence-electron chi connectivity index (χ3n) is 2.66. The summed E-state index contributed by atoms with van der Waals surface area (Å²) in [7, 11) is 1.67. The molecule has 0 fully saturated rings. The molecule has 1 rings (SSSR count). The maximum absolute atomic E-state index is 11.8. The molecule has 1 aromatic carbocycles. The first-order valence-electron chi connectivity index (χ1n) is 5.94. The van der Waals surface area contributed by atoms with Gasteiger partial charge in [-0.2, -0.15) is 0 Å². The Balaban J connectivity index is 3.00. The van der Waals surface area contributed by atoms with Crippen LogP contribution >= 0.6 is 0 Å². The second-order valence-corrected chi connectivity index (χ2v) is 4.29. The van der Waals surface area contributed by atoms with Gasteiger partial charge in [0.1, 0.15) is 0 Å². The van der Waals surface area contributed by atoms with E-state index in [4.69, 9.17) is 11.1 Å². The zero-order chi connectivity index (χ0) is 13.7. The third kappa shape index (κ3) is 3.48. The zero-order valence-electron chi connectivity index (χ0n) is 11.1. The van der Waals surface area contributed by atoms with Crippen molar-refractivity contribution in [2.75, 3.05) is 11.9 Å². The van der Waals surface area contributed by atoms with Crippen LogP contribution in [-0.4, -0.2) is 19.0 Å². The minimum Gasteiger partial charge on any atom is -0.370 e. The monoisotopic (exact) mass is 248 g/mol. The van der Waals surface area contributed by atoms with E-state index < -0.39 is 6.03 Å². The molecule has 0 aliphatic carbocycles. The van der Waals surface area contributed by atoms with Crippen LogP contribution in [0.5, 0.6) is 0 Å². The number of hydrogen-bond acceptors (Lipinski definition) is 2. The van der Waals surface area contributed by atoms with Gasteiger partial charge in [-0.25, -0.2) is 4.79 Å². The van der Waals surface area contributed by atoms with Crippen molar-refractivity contribution in [1.29, 1.82) is 5.41 Å². The molecule has 0 heterocycles. The molecule has 2 amide bonds. The summed E-state index contributed by atoms with van der Waals surface area (Å²) in [6, 6.07) is 5.56. The van der Waals surface area contributed by atoms with E-state index in [1.54, 1.807) is 7.05 Å². The van der Waals surface area contributed by atoms with E-state index in [0.717, 1.165) is 24.1 Å². The van der Waals surface area contributed by atoms with Crippen molar-refractivity contribution < 1.29 is 4.79 Å². The molecule has 0 atom stereocenters. The first kappa shape index (κ1) is 14.0.